The number of hydrogen-bond donors (Lipinski definition) is 3. The van der Waals surface area contributed by atoms with E-state index in [1.807, 2.05) is 30.3 Å². The number of ether oxygens (including phenoxy) is 2. The Morgan fingerprint density at radius 2 is 1.74 bits per heavy atom. The van der Waals surface area contributed by atoms with Gasteiger partial charge in [-0.15, -0.1) is 0 Å². The van der Waals surface area contributed by atoms with Crippen LogP contribution < -0.4 is 25.8 Å². The van der Waals surface area contributed by atoms with Gasteiger partial charge in [-0.2, -0.15) is 0 Å². The van der Waals surface area contributed by atoms with Crippen LogP contribution in [0.4, 0.5) is 5.69 Å². The number of amides is 2. The highest BCUT2D eigenvalue weighted by Gasteiger charge is 2.08. The molecule has 0 saturated heterocycles. The van der Waals surface area contributed by atoms with Crippen molar-refractivity contribution in [1.82, 2.24) is 5.32 Å². The van der Waals surface area contributed by atoms with Gasteiger partial charge in [0.2, 0.25) is 11.8 Å². The summed E-state index contributed by atoms with van der Waals surface area (Å²) in [5.74, 6) is 1.61. The third-order valence-electron chi connectivity index (χ3n) is 5.08. The lowest BCUT2D eigenvalue weighted by molar-refractivity contribution is -0.121. The minimum absolute atomic E-state index is 0.0539. The molecule has 2 aromatic rings. The van der Waals surface area contributed by atoms with Crippen molar-refractivity contribution in [2.45, 2.75) is 52.7 Å². The zero-order valence-corrected chi connectivity index (χ0v) is 20.4. The number of nitrogens with two attached hydrogens (primary N) is 1. The third kappa shape index (κ3) is 10.1. The highest BCUT2D eigenvalue weighted by atomic mass is 16.5. The molecule has 0 bridgehead atoms. The first-order valence-electron chi connectivity index (χ1n) is 11.7. The average Bonchev–Trinajstić information content (AvgIpc) is 2.84. The molecule has 0 atom stereocenters. The van der Waals surface area contributed by atoms with Crippen LogP contribution in [0.1, 0.15) is 50.7 Å². The van der Waals surface area contributed by atoms with Gasteiger partial charge < -0.3 is 25.8 Å². The molecule has 0 heterocycles. The normalized spacial score (nSPS) is 11.0. The maximum atomic E-state index is 12.1. The number of benzene rings is 2. The molecular weight excluding hydrogens is 430 g/mol. The van der Waals surface area contributed by atoms with Crippen molar-refractivity contribution >= 4 is 17.5 Å². The van der Waals surface area contributed by atoms with Crippen LogP contribution in [0.25, 0.3) is 0 Å². The predicted octanol–water partition coefficient (Wildman–Crippen LogP) is 4.56. The smallest absolute Gasteiger partial charge is 0.238 e. The quantitative estimate of drug-likeness (QED) is 0.279. The molecule has 2 rings (SSSR count). The fraction of sp³-hybridized carbons (Fsp3) is 0.407. The summed E-state index contributed by atoms with van der Waals surface area (Å²) in [5, 5.41) is 5.67. The van der Waals surface area contributed by atoms with Crippen LogP contribution in [0.2, 0.25) is 0 Å². The molecule has 0 aliphatic heterocycles. The van der Waals surface area contributed by atoms with Crippen LogP contribution in [0, 0.1) is 5.92 Å². The Balaban J connectivity index is 1.79. The summed E-state index contributed by atoms with van der Waals surface area (Å²) in [6.45, 7) is 5.05. The average molecular weight is 468 g/mol. The molecule has 4 N–H and O–H groups in total. The van der Waals surface area contributed by atoms with Crippen LogP contribution in [0.15, 0.2) is 54.6 Å². The Labute approximate surface area is 202 Å². The Kier molecular flexibility index (Phi) is 11.7. The van der Waals surface area contributed by atoms with Crippen molar-refractivity contribution in [2.75, 3.05) is 19.0 Å². The van der Waals surface area contributed by atoms with Crippen molar-refractivity contribution < 1.29 is 19.1 Å². The molecule has 0 fully saturated rings. The second-order valence-electron chi connectivity index (χ2n) is 8.42. The van der Waals surface area contributed by atoms with Crippen molar-refractivity contribution in [3.05, 3.63) is 65.7 Å². The predicted molar refractivity (Wildman–Crippen MR) is 136 cm³/mol. The van der Waals surface area contributed by atoms with E-state index in [2.05, 4.69) is 36.6 Å². The summed E-state index contributed by atoms with van der Waals surface area (Å²) in [5.41, 5.74) is 7.88. The molecule has 184 valence electrons. The molecule has 0 aliphatic rings. The first-order chi connectivity index (χ1) is 16.4. The van der Waals surface area contributed by atoms with E-state index >= 15 is 0 Å². The fourth-order valence-corrected chi connectivity index (χ4v) is 3.20. The maximum Gasteiger partial charge on any atom is 0.238 e. The molecule has 0 aromatic heterocycles. The first-order valence-corrected chi connectivity index (χ1v) is 11.7. The van der Waals surface area contributed by atoms with E-state index in [4.69, 9.17) is 15.2 Å². The van der Waals surface area contributed by atoms with Crippen molar-refractivity contribution in [3.8, 4) is 11.5 Å². The third-order valence-corrected chi connectivity index (χ3v) is 5.08. The van der Waals surface area contributed by atoms with Crippen LogP contribution >= 0.6 is 0 Å². The lowest BCUT2D eigenvalue weighted by Crippen LogP contribution is -2.22. The van der Waals surface area contributed by atoms with Crippen LogP contribution in [0.5, 0.6) is 11.5 Å². The van der Waals surface area contributed by atoms with E-state index in [1.165, 1.54) is 0 Å². The molecular formula is C27H37N3O4. The standard InChI is InChI=1S/C27H37N3O4/c1-20(2)8-6-4-5-7-9-26(31)29-18-22-12-15-24(25(16-22)33-3)34-19-21-10-13-23(14-11-21)30-27(32)17-28/h6,8,10-16,20H,4-5,7,9,17-19,28H2,1-3H3,(H,29,31)(H,30,32)/b8-6+. The summed E-state index contributed by atoms with van der Waals surface area (Å²) in [7, 11) is 1.59. The van der Waals surface area contributed by atoms with Gasteiger partial charge in [-0.05, 0) is 60.6 Å². The highest BCUT2D eigenvalue weighted by molar-refractivity contribution is 5.92. The van der Waals surface area contributed by atoms with E-state index < -0.39 is 0 Å². The summed E-state index contributed by atoms with van der Waals surface area (Å²) in [4.78, 5) is 23.5. The first kappa shape index (κ1) is 26.9. The number of carbonyl (C=O) groups excluding carboxylic acids is 2. The van der Waals surface area contributed by atoms with Gasteiger partial charge in [-0.3, -0.25) is 9.59 Å². The topological polar surface area (TPSA) is 103 Å². The van der Waals surface area contributed by atoms with E-state index in [1.54, 1.807) is 19.2 Å². The zero-order valence-electron chi connectivity index (χ0n) is 20.4. The minimum Gasteiger partial charge on any atom is -0.493 e. The number of anilines is 1. The van der Waals surface area contributed by atoms with Crippen molar-refractivity contribution in [2.24, 2.45) is 11.7 Å². The molecule has 0 aliphatic carbocycles. The van der Waals surface area contributed by atoms with Crippen LogP contribution in [0.3, 0.4) is 0 Å². The fourth-order valence-electron chi connectivity index (χ4n) is 3.20. The van der Waals surface area contributed by atoms with Gasteiger partial charge in [0.1, 0.15) is 6.61 Å². The van der Waals surface area contributed by atoms with Gasteiger partial charge in [0, 0.05) is 18.7 Å². The second-order valence-corrected chi connectivity index (χ2v) is 8.42. The number of nitrogens with one attached hydrogen (secondary N) is 2. The van der Waals surface area contributed by atoms with Gasteiger partial charge in [0.25, 0.3) is 0 Å². The van der Waals surface area contributed by atoms with Crippen molar-refractivity contribution in [1.29, 1.82) is 0 Å². The second kappa shape index (κ2) is 14.8. The number of hydrogen-bond acceptors (Lipinski definition) is 5. The molecule has 2 aromatic carbocycles. The Morgan fingerprint density at radius 3 is 2.41 bits per heavy atom. The molecule has 34 heavy (non-hydrogen) atoms. The Hall–Kier alpha value is -3.32. The van der Waals surface area contributed by atoms with Gasteiger partial charge >= 0.3 is 0 Å². The lowest BCUT2D eigenvalue weighted by atomic mass is 10.1. The number of allylic oxidation sites excluding steroid dienone is 2. The van der Waals surface area contributed by atoms with Gasteiger partial charge in [-0.1, -0.05) is 44.2 Å². The summed E-state index contributed by atoms with van der Waals surface area (Å²) < 4.78 is 11.4. The van der Waals surface area contributed by atoms with Gasteiger partial charge in [-0.25, -0.2) is 0 Å². The molecule has 0 spiro atoms. The lowest BCUT2D eigenvalue weighted by Gasteiger charge is -2.13. The van der Waals surface area contributed by atoms with E-state index in [9.17, 15) is 9.59 Å². The van der Waals surface area contributed by atoms with Crippen molar-refractivity contribution in [3.63, 3.8) is 0 Å². The van der Waals surface area contributed by atoms with Gasteiger partial charge in [0.05, 0.1) is 13.7 Å². The Bertz CT molecular complexity index is 939. The minimum atomic E-state index is -0.237. The monoisotopic (exact) mass is 467 g/mol. The number of unbranched alkanes of at least 4 members (excludes halogenated alkanes) is 2. The summed E-state index contributed by atoms with van der Waals surface area (Å²) in [6, 6.07) is 13.0. The number of rotatable bonds is 14. The zero-order chi connectivity index (χ0) is 24.8. The van der Waals surface area contributed by atoms with E-state index in [-0.39, 0.29) is 18.4 Å². The van der Waals surface area contributed by atoms with Crippen LogP contribution in [-0.2, 0) is 22.7 Å². The van der Waals surface area contributed by atoms with E-state index in [0.29, 0.717) is 42.7 Å². The molecule has 7 heteroatoms. The SMILES string of the molecule is COc1cc(CNC(=O)CCCC/C=C/C(C)C)ccc1OCc1ccc(NC(=O)CN)cc1. The summed E-state index contributed by atoms with van der Waals surface area (Å²) in [6.07, 6.45) is 7.83. The Morgan fingerprint density at radius 1 is 1.00 bits per heavy atom. The summed E-state index contributed by atoms with van der Waals surface area (Å²) >= 11 is 0. The number of carbonyl (C=O) groups is 2. The van der Waals surface area contributed by atoms with Crippen LogP contribution in [-0.4, -0.2) is 25.5 Å². The van der Waals surface area contributed by atoms with E-state index in [0.717, 1.165) is 30.4 Å². The van der Waals surface area contributed by atoms with Gasteiger partial charge in [0.15, 0.2) is 11.5 Å². The molecule has 7 nitrogen and oxygen atoms in total. The maximum absolute atomic E-state index is 12.1. The molecule has 0 unspecified atom stereocenters. The molecule has 0 radical (unpaired) electrons. The highest BCUT2D eigenvalue weighted by Crippen LogP contribution is 2.29. The largest absolute Gasteiger partial charge is 0.493 e. The molecule has 0 saturated carbocycles. The number of methoxy groups -OCH3 is 1. The molecule has 2 amide bonds.